The second-order valence-electron chi connectivity index (χ2n) is 4.14. The summed E-state index contributed by atoms with van der Waals surface area (Å²) in [6.45, 7) is 0. The summed E-state index contributed by atoms with van der Waals surface area (Å²) >= 11 is 5.71. The van der Waals surface area contributed by atoms with Crippen LogP contribution in [0.2, 0.25) is 5.02 Å². The van der Waals surface area contributed by atoms with Crippen LogP contribution in [-0.2, 0) is 0 Å². The molecule has 4 nitrogen and oxygen atoms in total. The Morgan fingerprint density at radius 1 is 1.25 bits per heavy atom. The van der Waals surface area contributed by atoms with E-state index in [9.17, 15) is 9.18 Å². The Morgan fingerprint density at radius 2 is 2.05 bits per heavy atom. The number of nitrogens with zero attached hydrogens (tertiary/aromatic N) is 1. The molecule has 1 aromatic heterocycles. The first kappa shape index (κ1) is 12.6. The van der Waals surface area contributed by atoms with Crippen molar-refractivity contribution in [2.45, 2.75) is 0 Å². The molecule has 0 radical (unpaired) electrons. The fraction of sp³-hybridized carbons (Fsp3) is 0. The predicted octanol–water partition coefficient (Wildman–Crippen LogP) is 3.99. The first-order valence-corrected chi connectivity index (χ1v) is 6.02. The molecule has 0 atom stereocenters. The number of aromatic nitrogens is 1. The van der Waals surface area contributed by atoms with Crippen molar-refractivity contribution in [3.63, 3.8) is 0 Å². The highest BCUT2D eigenvalue weighted by Gasteiger charge is 2.12. The number of hydrogen-bond acceptors (Lipinski definition) is 3. The van der Waals surface area contributed by atoms with Gasteiger partial charge in [-0.2, -0.15) is 0 Å². The summed E-state index contributed by atoms with van der Waals surface area (Å²) in [5.74, 6) is -1.32. The molecular weight excluding hydrogens is 285 g/mol. The maximum Gasteiger partial charge on any atom is 0.335 e. The van der Waals surface area contributed by atoms with E-state index in [0.29, 0.717) is 16.7 Å². The number of carboxylic acid groups (broad SMARTS) is 1. The Kier molecular flexibility index (Phi) is 2.91. The molecule has 20 heavy (non-hydrogen) atoms. The summed E-state index contributed by atoms with van der Waals surface area (Å²) in [5, 5.41) is 8.88. The van der Waals surface area contributed by atoms with Crippen LogP contribution in [0.5, 0.6) is 0 Å². The molecule has 0 spiro atoms. The van der Waals surface area contributed by atoms with E-state index < -0.39 is 11.8 Å². The van der Waals surface area contributed by atoms with Crippen molar-refractivity contribution < 1.29 is 18.7 Å². The normalized spacial score (nSPS) is 10.9. The molecule has 0 saturated heterocycles. The molecule has 0 fully saturated rings. The molecule has 3 aromatic rings. The lowest BCUT2D eigenvalue weighted by atomic mass is 10.2. The molecule has 0 aliphatic rings. The molecule has 1 heterocycles. The molecule has 100 valence electrons. The van der Waals surface area contributed by atoms with E-state index in [1.807, 2.05) is 0 Å². The maximum absolute atomic E-state index is 13.1. The van der Waals surface area contributed by atoms with Crippen LogP contribution in [-0.4, -0.2) is 16.1 Å². The Balaban J connectivity index is 2.12. The highest BCUT2D eigenvalue weighted by atomic mass is 35.5. The van der Waals surface area contributed by atoms with Crippen molar-refractivity contribution in [2.75, 3.05) is 0 Å². The first-order chi connectivity index (χ1) is 9.54. The molecule has 0 aliphatic carbocycles. The molecule has 0 aliphatic heterocycles. The zero-order valence-corrected chi connectivity index (χ0v) is 10.7. The summed E-state index contributed by atoms with van der Waals surface area (Å²) in [7, 11) is 0. The van der Waals surface area contributed by atoms with Crippen LogP contribution in [0.3, 0.4) is 0 Å². The van der Waals surface area contributed by atoms with Crippen molar-refractivity contribution in [3.8, 4) is 11.5 Å². The smallest absolute Gasteiger partial charge is 0.335 e. The zero-order valence-electron chi connectivity index (χ0n) is 9.93. The summed E-state index contributed by atoms with van der Waals surface area (Å²) < 4.78 is 18.6. The Bertz CT molecular complexity index is 828. The second kappa shape index (κ2) is 4.61. The van der Waals surface area contributed by atoms with Gasteiger partial charge in [-0.3, -0.25) is 0 Å². The van der Waals surface area contributed by atoms with Gasteiger partial charge in [0.05, 0.1) is 10.6 Å². The van der Waals surface area contributed by atoms with Crippen LogP contribution in [0.15, 0.2) is 40.8 Å². The van der Waals surface area contributed by atoms with Crippen molar-refractivity contribution in [1.82, 2.24) is 4.98 Å². The minimum atomic E-state index is -1.05. The highest BCUT2D eigenvalue weighted by Crippen LogP contribution is 2.27. The van der Waals surface area contributed by atoms with Gasteiger partial charge < -0.3 is 9.52 Å². The van der Waals surface area contributed by atoms with E-state index >= 15 is 0 Å². The van der Waals surface area contributed by atoms with Crippen LogP contribution >= 0.6 is 11.6 Å². The number of oxazole rings is 1. The predicted molar refractivity (Wildman–Crippen MR) is 71.4 cm³/mol. The van der Waals surface area contributed by atoms with Gasteiger partial charge in [0.15, 0.2) is 5.58 Å². The Hall–Kier alpha value is -2.40. The molecular formula is C14H7ClFNO3. The van der Waals surface area contributed by atoms with Crippen molar-refractivity contribution in [3.05, 3.63) is 52.8 Å². The standard InChI is InChI=1S/C14H7ClFNO3/c15-9-5-7(1-3-10(9)16)13-17-11-4-2-8(14(18)19)6-12(11)20-13/h1-6H,(H,18,19). The van der Waals surface area contributed by atoms with E-state index in [-0.39, 0.29) is 16.5 Å². The number of fused-ring (bicyclic) bond motifs is 1. The molecule has 0 unspecified atom stereocenters. The van der Waals surface area contributed by atoms with Gasteiger partial charge in [0.25, 0.3) is 0 Å². The Morgan fingerprint density at radius 3 is 2.75 bits per heavy atom. The Labute approximate surface area is 117 Å². The van der Waals surface area contributed by atoms with E-state index in [2.05, 4.69) is 4.98 Å². The van der Waals surface area contributed by atoms with Crippen LogP contribution in [0.25, 0.3) is 22.6 Å². The van der Waals surface area contributed by atoms with Crippen LogP contribution < -0.4 is 0 Å². The minimum absolute atomic E-state index is 0.0315. The molecule has 2 aromatic carbocycles. The second-order valence-corrected chi connectivity index (χ2v) is 4.54. The minimum Gasteiger partial charge on any atom is -0.478 e. The quantitative estimate of drug-likeness (QED) is 0.775. The van der Waals surface area contributed by atoms with Gasteiger partial charge in [0.2, 0.25) is 5.89 Å². The average Bonchev–Trinajstić information content (AvgIpc) is 2.84. The molecule has 0 amide bonds. The lowest BCUT2D eigenvalue weighted by Gasteiger charge is -1.97. The van der Waals surface area contributed by atoms with Gasteiger partial charge in [-0.25, -0.2) is 14.2 Å². The topological polar surface area (TPSA) is 63.3 Å². The number of halogens is 2. The van der Waals surface area contributed by atoms with Gasteiger partial charge in [-0.05, 0) is 36.4 Å². The molecule has 0 bridgehead atoms. The van der Waals surface area contributed by atoms with E-state index in [1.165, 1.54) is 30.3 Å². The number of aromatic carboxylic acids is 1. The lowest BCUT2D eigenvalue weighted by molar-refractivity contribution is 0.0697. The fourth-order valence-corrected chi connectivity index (χ4v) is 1.99. The average molecular weight is 292 g/mol. The van der Waals surface area contributed by atoms with E-state index in [1.54, 1.807) is 6.07 Å². The van der Waals surface area contributed by atoms with E-state index in [4.69, 9.17) is 21.1 Å². The van der Waals surface area contributed by atoms with Crippen LogP contribution in [0.1, 0.15) is 10.4 Å². The van der Waals surface area contributed by atoms with Crippen LogP contribution in [0, 0.1) is 5.82 Å². The maximum atomic E-state index is 13.1. The summed E-state index contributed by atoms with van der Waals surface area (Å²) in [4.78, 5) is 15.1. The number of benzene rings is 2. The molecule has 3 rings (SSSR count). The van der Waals surface area contributed by atoms with Crippen molar-refractivity contribution >= 4 is 28.7 Å². The number of hydrogen-bond donors (Lipinski definition) is 1. The number of carboxylic acids is 1. The van der Waals surface area contributed by atoms with Gasteiger partial charge in [-0.1, -0.05) is 11.6 Å². The van der Waals surface area contributed by atoms with Crippen molar-refractivity contribution in [1.29, 1.82) is 0 Å². The third kappa shape index (κ3) is 2.12. The SMILES string of the molecule is O=C(O)c1ccc2nc(-c3ccc(F)c(Cl)c3)oc2c1. The summed E-state index contributed by atoms with van der Waals surface area (Å²) in [6, 6.07) is 8.49. The van der Waals surface area contributed by atoms with E-state index in [0.717, 1.165) is 0 Å². The first-order valence-electron chi connectivity index (χ1n) is 5.64. The monoisotopic (exact) mass is 291 g/mol. The van der Waals surface area contributed by atoms with Gasteiger partial charge >= 0.3 is 5.97 Å². The molecule has 1 N–H and O–H groups in total. The van der Waals surface area contributed by atoms with Gasteiger partial charge in [0, 0.05) is 5.56 Å². The largest absolute Gasteiger partial charge is 0.478 e. The van der Waals surface area contributed by atoms with Gasteiger partial charge in [0.1, 0.15) is 11.3 Å². The molecule has 6 heteroatoms. The summed E-state index contributed by atoms with van der Waals surface area (Å²) in [6.07, 6.45) is 0. The van der Waals surface area contributed by atoms with Crippen LogP contribution in [0.4, 0.5) is 4.39 Å². The lowest BCUT2D eigenvalue weighted by Crippen LogP contribution is -1.94. The third-order valence-electron chi connectivity index (χ3n) is 2.80. The molecule has 0 saturated carbocycles. The van der Waals surface area contributed by atoms with Crippen molar-refractivity contribution in [2.24, 2.45) is 0 Å². The number of carbonyl (C=O) groups is 1. The fourth-order valence-electron chi connectivity index (χ4n) is 1.81. The summed E-state index contributed by atoms with van der Waals surface area (Å²) in [5.41, 5.74) is 1.49. The van der Waals surface area contributed by atoms with Gasteiger partial charge in [-0.15, -0.1) is 0 Å². The zero-order chi connectivity index (χ0) is 14.3. The third-order valence-corrected chi connectivity index (χ3v) is 3.09. The number of rotatable bonds is 2. The highest BCUT2D eigenvalue weighted by molar-refractivity contribution is 6.31.